The minimum atomic E-state index is -3.32. The summed E-state index contributed by atoms with van der Waals surface area (Å²) < 4.78 is 27.1. The summed E-state index contributed by atoms with van der Waals surface area (Å²) in [5, 5.41) is 0. The van der Waals surface area contributed by atoms with Gasteiger partial charge in [0, 0.05) is 46.0 Å². The topological polar surface area (TPSA) is 91.6 Å². The van der Waals surface area contributed by atoms with Crippen molar-refractivity contribution in [2.45, 2.75) is 6.54 Å². The number of rotatable bonds is 4. The number of hydrogen-bond acceptors (Lipinski definition) is 5. The van der Waals surface area contributed by atoms with Gasteiger partial charge in [-0.2, -0.15) is 12.7 Å². The van der Waals surface area contributed by atoms with Crippen LogP contribution in [0.4, 0.5) is 5.82 Å². The lowest BCUT2D eigenvalue weighted by atomic mass is 10.2. The number of nitrogens with zero attached hydrogens (tertiary/aromatic N) is 3. The molecule has 0 spiro atoms. The van der Waals surface area contributed by atoms with Crippen LogP contribution in [0.3, 0.4) is 0 Å². The van der Waals surface area contributed by atoms with Gasteiger partial charge in [-0.3, -0.25) is 0 Å². The van der Waals surface area contributed by atoms with Gasteiger partial charge in [-0.05, 0) is 11.6 Å². The molecule has 0 atom stereocenters. The molecule has 1 aliphatic rings. The van der Waals surface area contributed by atoms with Crippen molar-refractivity contribution in [1.29, 1.82) is 0 Å². The molecule has 2 heterocycles. The van der Waals surface area contributed by atoms with E-state index in [4.69, 9.17) is 5.73 Å². The highest BCUT2D eigenvalue weighted by molar-refractivity contribution is 7.87. The molecule has 0 bridgehead atoms. The van der Waals surface area contributed by atoms with Crippen molar-refractivity contribution in [3.63, 3.8) is 0 Å². The van der Waals surface area contributed by atoms with Gasteiger partial charge in [0.2, 0.25) is 0 Å². The highest BCUT2D eigenvalue weighted by Gasteiger charge is 2.25. The smallest absolute Gasteiger partial charge is 0.279 e. The third-order valence-corrected chi connectivity index (χ3v) is 4.77. The van der Waals surface area contributed by atoms with E-state index in [1.54, 1.807) is 6.20 Å². The summed E-state index contributed by atoms with van der Waals surface area (Å²) in [6.07, 6.45) is 1.76. The Bertz CT molecular complexity index is 508. The second-order valence-corrected chi connectivity index (χ2v) is 6.20. The van der Waals surface area contributed by atoms with Crippen LogP contribution in [0.15, 0.2) is 18.3 Å². The molecule has 1 aliphatic heterocycles. The molecule has 106 valence electrons. The SMILES string of the molecule is CNS(=O)(=O)N1CCN(c2ccc(CN)cn2)CC1. The molecular formula is C11H19N5O2S. The van der Waals surface area contributed by atoms with Gasteiger partial charge in [-0.1, -0.05) is 6.07 Å². The third kappa shape index (κ3) is 3.21. The quantitative estimate of drug-likeness (QED) is 0.750. The van der Waals surface area contributed by atoms with Crippen molar-refractivity contribution in [3.8, 4) is 0 Å². The van der Waals surface area contributed by atoms with Crippen LogP contribution in [-0.2, 0) is 16.8 Å². The molecule has 1 saturated heterocycles. The molecule has 0 saturated carbocycles. The molecule has 0 radical (unpaired) electrons. The number of anilines is 1. The molecule has 19 heavy (non-hydrogen) atoms. The van der Waals surface area contributed by atoms with Crippen molar-refractivity contribution in [1.82, 2.24) is 14.0 Å². The second kappa shape index (κ2) is 5.83. The number of pyridine rings is 1. The highest BCUT2D eigenvalue weighted by atomic mass is 32.2. The van der Waals surface area contributed by atoms with Crippen molar-refractivity contribution in [3.05, 3.63) is 23.9 Å². The van der Waals surface area contributed by atoms with Crippen LogP contribution in [0.2, 0.25) is 0 Å². The number of nitrogens with one attached hydrogen (secondary N) is 1. The molecule has 8 heteroatoms. The van der Waals surface area contributed by atoms with Gasteiger partial charge in [0.15, 0.2) is 0 Å². The Morgan fingerprint density at radius 1 is 1.32 bits per heavy atom. The predicted octanol–water partition coefficient (Wildman–Crippen LogP) is -0.873. The van der Waals surface area contributed by atoms with E-state index in [2.05, 4.69) is 14.6 Å². The first kappa shape index (κ1) is 14.2. The first-order valence-electron chi connectivity index (χ1n) is 6.15. The van der Waals surface area contributed by atoms with E-state index in [-0.39, 0.29) is 0 Å². The highest BCUT2D eigenvalue weighted by Crippen LogP contribution is 2.15. The summed E-state index contributed by atoms with van der Waals surface area (Å²) in [5.74, 6) is 0.860. The Labute approximate surface area is 113 Å². The van der Waals surface area contributed by atoms with E-state index in [9.17, 15) is 8.42 Å². The molecule has 1 aromatic heterocycles. The van der Waals surface area contributed by atoms with Crippen LogP contribution >= 0.6 is 0 Å². The van der Waals surface area contributed by atoms with Crippen LogP contribution in [0.1, 0.15) is 5.56 Å². The fourth-order valence-corrected chi connectivity index (χ4v) is 2.91. The molecule has 0 amide bonds. The predicted molar refractivity (Wildman–Crippen MR) is 73.9 cm³/mol. The second-order valence-electron chi connectivity index (χ2n) is 4.32. The zero-order valence-electron chi connectivity index (χ0n) is 10.9. The number of hydrogen-bond donors (Lipinski definition) is 2. The summed E-state index contributed by atoms with van der Waals surface area (Å²) in [6.45, 7) is 2.67. The summed E-state index contributed by atoms with van der Waals surface area (Å²) in [5.41, 5.74) is 6.51. The van der Waals surface area contributed by atoms with Crippen molar-refractivity contribution < 1.29 is 8.42 Å². The summed E-state index contributed by atoms with van der Waals surface area (Å²) in [7, 11) is -1.89. The van der Waals surface area contributed by atoms with Gasteiger partial charge in [0.25, 0.3) is 10.2 Å². The lowest BCUT2D eigenvalue weighted by Gasteiger charge is -2.34. The summed E-state index contributed by atoms with van der Waals surface area (Å²) >= 11 is 0. The minimum absolute atomic E-state index is 0.462. The molecule has 7 nitrogen and oxygen atoms in total. The van der Waals surface area contributed by atoms with Gasteiger partial charge in [0.05, 0.1) is 0 Å². The maximum Gasteiger partial charge on any atom is 0.279 e. The Hall–Kier alpha value is -1.22. The van der Waals surface area contributed by atoms with E-state index in [1.165, 1.54) is 11.4 Å². The monoisotopic (exact) mass is 285 g/mol. The molecule has 0 aliphatic carbocycles. The Kier molecular flexibility index (Phi) is 4.35. The molecule has 3 N–H and O–H groups in total. The van der Waals surface area contributed by atoms with Crippen LogP contribution in [-0.4, -0.2) is 50.9 Å². The lowest BCUT2D eigenvalue weighted by Crippen LogP contribution is -2.51. The van der Waals surface area contributed by atoms with Gasteiger partial charge >= 0.3 is 0 Å². The van der Waals surface area contributed by atoms with Crippen molar-refractivity contribution in [2.24, 2.45) is 5.73 Å². The average molecular weight is 285 g/mol. The van der Waals surface area contributed by atoms with E-state index in [0.717, 1.165) is 11.4 Å². The van der Waals surface area contributed by atoms with Crippen LogP contribution < -0.4 is 15.4 Å². The first-order chi connectivity index (χ1) is 9.06. The van der Waals surface area contributed by atoms with E-state index >= 15 is 0 Å². The Morgan fingerprint density at radius 3 is 2.47 bits per heavy atom. The maximum absolute atomic E-state index is 11.6. The molecule has 2 rings (SSSR count). The summed E-state index contributed by atoms with van der Waals surface area (Å²) in [4.78, 5) is 6.41. The van der Waals surface area contributed by atoms with Crippen LogP contribution in [0.5, 0.6) is 0 Å². The van der Waals surface area contributed by atoms with Gasteiger partial charge in [0.1, 0.15) is 5.82 Å². The Balaban J connectivity index is 1.99. The van der Waals surface area contributed by atoms with Crippen LogP contribution in [0.25, 0.3) is 0 Å². The lowest BCUT2D eigenvalue weighted by molar-refractivity contribution is 0.379. The van der Waals surface area contributed by atoms with Gasteiger partial charge in [-0.25, -0.2) is 9.71 Å². The number of piperazine rings is 1. The fraction of sp³-hybridized carbons (Fsp3) is 0.545. The molecular weight excluding hydrogens is 266 g/mol. The summed E-state index contributed by atoms with van der Waals surface area (Å²) in [6, 6.07) is 3.86. The Morgan fingerprint density at radius 2 is 2.00 bits per heavy atom. The molecule has 1 aromatic rings. The third-order valence-electron chi connectivity index (χ3n) is 3.21. The van der Waals surface area contributed by atoms with Gasteiger partial charge < -0.3 is 10.6 Å². The van der Waals surface area contributed by atoms with Gasteiger partial charge in [-0.15, -0.1) is 0 Å². The van der Waals surface area contributed by atoms with E-state index in [0.29, 0.717) is 32.7 Å². The zero-order valence-corrected chi connectivity index (χ0v) is 11.7. The first-order valence-corrected chi connectivity index (χ1v) is 7.59. The molecule has 1 fully saturated rings. The molecule has 0 unspecified atom stereocenters. The zero-order chi connectivity index (χ0) is 13.9. The average Bonchev–Trinajstić information content (AvgIpc) is 2.47. The maximum atomic E-state index is 11.6. The van der Waals surface area contributed by atoms with Crippen LogP contribution in [0, 0.1) is 0 Å². The standard InChI is InChI=1S/C11H19N5O2S/c1-13-19(17,18)16-6-4-15(5-7-16)11-3-2-10(8-12)9-14-11/h2-3,9,13H,4-8,12H2,1H3. The van der Waals surface area contributed by atoms with E-state index < -0.39 is 10.2 Å². The van der Waals surface area contributed by atoms with Crippen molar-refractivity contribution >= 4 is 16.0 Å². The minimum Gasteiger partial charge on any atom is -0.354 e. The van der Waals surface area contributed by atoms with E-state index in [1.807, 2.05) is 12.1 Å². The van der Waals surface area contributed by atoms with Crippen molar-refractivity contribution in [2.75, 3.05) is 38.1 Å². The number of aromatic nitrogens is 1. The molecule has 0 aromatic carbocycles. The largest absolute Gasteiger partial charge is 0.354 e. The normalized spacial score (nSPS) is 17.7. The fourth-order valence-electron chi connectivity index (χ4n) is 2.01. The number of nitrogens with two attached hydrogens (primary N) is 1.